The van der Waals surface area contributed by atoms with E-state index in [0.717, 1.165) is 50.7 Å². The number of aliphatic hydroxyl groups excluding tert-OH is 1. The number of carbonyl (C=O) groups excluding carboxylic acids is 1. The maximum atomic E-state index is 12.8. The van der Waals surface area contributed by atoms with Crippen LogP contribution < -0.4 is 0 Å². The second-order valence-corrected chi connectivity index (χ2v) is 7.19. The van der Waals surface area contributed by atoms with Crippen LogP contribution in [-0.2, 0) is 11.3 Å². The van der Waals surface area contributed by atoms with Gasteiger partial charge in [-0.2, -0.15) is 0 Å². The summed E-state index contributed by atoms with van der Waals surface area (Å²) in [5.41, 5.74) is 1.07. The third-order valence-corrected chi connectivity index (χ3v) is 5.81. The molecular weight excluding hydrogens is 288 g/mol. The van der Waals surface area contributed by atoms with E-state index in [0.29, 0.717) is 6.54 Å². The fourth-order valence-corrected chi connectivity index (χ4v) is 4.49. The second kappa shape index (κ2) is 5.68. The molecule has 0 unspecified atom stereocenters. The summed E-state index contributed by atoms with van der Waals surface area (Å²) in [6, 6.07) is 10.2. The Balaban J connectivity index is 1.50. The van der Waals surface area contributed by atoms with Crippen LogP contribution in [0.25, 0.3) is 10.9 Å². The van der Waals surface area contributed by atoms with Gasteiger partial charge >= 0.3 is 0 Å². The van der Waals surface area contributed by atoms with Gasteiger partial charge in [0.1, 0.15) is 6.54 Å². The minimum atomic E-state index is -0.231. The molecule has 1 aliphatic carbocycles. The number of likely N-dealkylation sites (tertiary alicyclic amines) is 1. The highest BCUT2D eigenvalue weighted by Crippen LogP contribution is 2.45. The summed E-state index contributed by atoms with van der Waals surface area (Å²) < 4.78 is 2.03. The molecule has 0 bridgehead atoms. The summed E-state index contributed by atoms with van der Waals surface area (Å²) >= 11 is 0. The number of hydrogen-bond acceptors (Lipinski definition) is 2. The molecule has 2 atom stereocenters. The van der Waals surface area contributed by atoms with Gasteiger partial charge in [0, 0.05) is 30.2 Å². The van der Waals surface area contributed by atoms with Crippen molar-refractivity contribution >= 4 is 16.8 Å². The molecular formula is C19H24N2O2. The van der Waals surface area contributed by atoms with Crippen molar-refractivity contribution in [1.82, 2.24) is 9.47 Å². The lowest BCUT2D eigenvalue weighted by molar-refractivity contribution is -0.137. The first-order chi connectivity index (χ1) is 11.2. The normalized spacial score (nSPS) is 27.9. The first kappa shape index (κ1) is 14.8. The van der Waals surface area contributed by atoms with E-state index in [1.165, 1.54) is 5.39 Å². The number of amides is 1. The van der Waals surface area contributed by atoms with E-state index in [1.54, 1.807) is 0 Å². The number of nitrogens with zero attached hydrogens (tertiary/aromatic N) is 2. The molecule has 4 nitrogen and oxygen atoms in total. The van der Waals surface area contributed by atoms with Crippen LogP contribution in [0.4, 0.5) is 0 Å². The van der Waals surface area contributed by atoms with Gasteiger partial charge in [0.05, 0.1) is 6.10 Å². The SMILES string of the molecule is O=C(Cn1ccc2ccccc21)N1CCC[C@@]2(CCC[C@H]2O)C1. The summed E-state index contributed by atoms with van der Waals surface area (Å²) in [6.45, 7) is 1.94. The fraction of sp³-hybridized carbons (Fsp3) is 0.526. The molecule has 2 fully saturated rings. The lowest BCUT2D eigenvalue weighted by atomic mass is 9.76. The fourth-order valence-electron chi connectivity index (χ4n) is 4.49. The number of fused-ring (bicyclic) bond motifs is 1. The van der Waals surface area contributed by atoms with Crippen molar-refractivity contribution in [3.8, 4) is 0 Å². The van der Waals surface area contributed by atoms with Gasteiger partial charge in [-0.3, -0.25) is 4.79 Å². The van der Waals surface area contributed by atoms with Gasteiger partial charge in [0.15, 0.2) is 0 Å². The predicted octanol–water partition coefficient (Wildman–Crippen LogP) is 2.79. The lowest BCUT2D eigenvalue weighted by Gasteiger charge is -2.42. The zero-order chi connectivity index (χ0) is 15.9. The van der Waals surface area contributed by atoms with E-state index >= 15 is 0 Å². The maximum absolute atomic E-state index is 12.8. The Hall–Kier alpha value is -1.81. The Bertz CT molecular complexity index is 723. The Labute approximate surface area is 136 Å². The Kier molecular flexibility index (Phi) is 3.64. The molecule has 2 aliphatic rings. The third kappa shape index (κ3) is 2.55. The van der Waals surface area contributed by atoms with Gasteiger partial charge < -0.3 is 14.6 Å². The molecule has 1 saturated carbocycles. The smallest absolute Gasteiger partial charge is 0.242 e. The lowest BCUT2D eigenvalue weighted by Crippen LogP contribution is -2.50. The molecule has 1 aromatic carbocycles. The van der Waals surface area contributed by atoms with E-state index in [1.807, 2.05) is 27.8 Å². The van der Waals surface area contributed by atoms with Crippen molar-refractivity contribution in [3.63, 3.8) is 0 Å². The topological polar surface area (TPSA) is 45.5 Å². The summed E-state index contributed by atoms with van der Waals surface area (Å²) in [5.74, 6) is 0.171. The first-order valence-corrected chi connectivity index (χ1v) is 8.68. The van der Waals surface area contributed by atoms with Crippen LogP contribution in [0.1, 0.15) is 32.1 Å². The number of aliphatic hydroxyl groups is 1. The molecule has 4 rings (SSSR count). The number of rotatable bonds is 2. The highest BCUT2D eigenvalue weighted by molar-refractivity contribution is 5.83. The summed E-state index contributed by atoms with van der Waals surface area (Å²) in [7, 11) is 0. The average Bonchev–Trinajstić information content (AvgIpc) is 3.13. The highest BCUT2D eigenvalue weighted by Gasteiger charge is 2.45. The number of para-hydroxylation sites is 1. The van der Waals surface area contributed by atoms with Crippen molar-refractivity contribution in [1.29, 1.82) is 0 Å². The van der Waals surface area contributed by atoms with E-state index in [9.17, 15) is 9.90 Å². The average molecular weight is 312 g/mol. The second-order valence-electron chi connectivity index (χ2n) is 7.19. The van der Waals surface area contributed by atoms with E-state index < -0.39 is 0 Å². The molecule has 23 heavy (non-hydrogen) atoms. The zero-order valence-electron chi connectivity index (χ0n) is 13.4. The van der Waals surface area contributed by atoms with E-state index in [2.05, 4.69) is 18.2 Å². The molecule has 4 heteroatoms. The minimum Gasteiger partial charge on any atom is -0.392 e. The Morgan fingerprint density at radius 3 is 2.87 bits per heavy atom. The van der Waals surface area contributed by atoms with Crippen molar-refractivity contribution in [2.45, 2.75) is 44.8 Å². The minimum absolute atomic E-state index is 0.0351. The van der Waals surface area contributed by atoms with Gasteiger partial charge in [0.25, 0.3) is 0 Å². The maximum Gasteiger partial charge on any atom is 0.242 e. The molecule has 0 radical (unpaired) electrons. The highest BCUT2D eigenvalue weighted by atomic mass is 16.3. The molecule has 1 saturated heterocycles. The van der Waals surface area contributed by atoms with Gasteiger partial charge in [-0.1, -0.05) is 24.6 Å². The molecule has 2 heterocycles. The number of benzene rings is 1. The monoisotopic (exact) mass is 312 g/mol. The molecule has 122 valence electrons. The van der Waals surface area contributed by atoms with Crippen molar-refractivity contribution in [2.24, 2.45) is 5.41 Å². The van der Waals surface area contributed by atoms with Gasteiger partial charge in [-0.25, -0.2) is 0 Å². The predicted molar refractivity (Wildman–Crippen MR) is 90.0 cm³/mol. The number of hydrogen-bond donors (Lipinski definition) is 1. The Morgan fingerprint density at radius 2 is 2.04 bits per heavy atom. The molecule has 2 aromatic rings. The molecule has 1 amide bonds. The van der Waals surface area contributed by atoms with Crippen LogP contribution in [0.2, 0.25) is 0 Å². The summed E-state index contributed by atoms with van der Waals surface area (Å²) in [5, 5.41) is 11.5. The van der Waals surface area contributed by atoms with Crippen LogP contribution in [0.5, 0.6) is 0 Å². The largest absolute Gasteiger partial charge is 0.392 e. The first-order valence-electron chi connectivity index (χ1n) is 8.68. The van der Waals surface area contributed by atoms with Crippen LogP contribution in [0.3, 0.4) is 0 Å². The van der Waals surface area contributed by atoms with Crippen molar-refractivity contribution < 1.29 is 9.90 Å². The zero-order valence-corrected chi connectivity index (χ0v) is 13.4. The number of carbonyl (C=O) groups is 1. The number of aromatic nitrogens is 1. The van der Waals surface area contributed by atoms with Crippen LogP contribution in [0.15, 0.2) is 36.5 Å². The van der Waals surface area contributed by atoms with E-state index in [4.69, 9.17) is 0 Å². The summed E-state index contributed by atoms with van der Waals surface area (Å²) in [6.07, 6.45) is 6.87. The molecule has 1 spiro atoms. The van der Waals surface area contributed by atoms with Crippen LogP contribution in [0, 0.1) is 5.41 Å². The van der Waals surface area contributed by atoms with Crippen LogP contribution >= 0.6 is 0 Å². The number of piperidine rings is 1. The van der Waals surface area contributed by atoms with Crippen LogP contribution in [-0.4, -0.2) is 39.7 Å². The molecule has 1 aliphatic heterocycles. The molecule has 1 N–H and O–H groups in total. The third-order valence-electron chi connectivity index (χ3n) is 5.81. The van der Waals surface area contributed by atoms with Crippen molar-refractivity contribution in [3.05, 3.63) is 36.5 Å². The Morgan fingerprint density at radius 1 is 1.22 bits per heavy atom. The van der Waals surface area contributed by atoms with Gasteiger partial charge in [-0.15, -0.1) is 0 Å². The van der Waals surface area contributed by atoms with Gasteiger partial charge in [0.2, 0.25) is 5.91 Å². The van der Waals surface area contributed by atoms with E-state index in [-0.39, 0.29) is 17.4 Å². The summed E-state index contributed by atoms with van der Waals surface area (Å²) in [4.78, 5) is 14.8. The standard InChI is InChI=1S/C19H24N2O2/c22-17-7-3-9-19(17)10-4-11-21(14-19)18(23)13-20-12-8-15-5-1-2-6-16(15)20/h1-2,5-6,8,12,17,22H,3-4,7,9-11,13-14H2/t17-,19+/m1/s1. The van der Waals surface area contributed by atoms with Crippen molar-refractivity contribution in [2.75, 3.05) is 13.1 Å². The quantitative estimate of drug-likeness (QED) is 0.927. The molecule has 1 aromatic heterocycles. The van der Waals surface area contributed by atoms with Gasteiger partial charge in [-0.05, 0) is 43.2 Å².